The fraction of sp³-hybridized carbons (Fsp3) is 0.0526. The van der Waals surface area contributed by atoms with Crippen LogP contribution in [0.15, 0.2) is 67.0 Å². The number of fused-ring (bicyclic) bond motifs is 1. The Morgan fingerprint density at radius 3 is 2.38 bits per heavy atom. The van der Waals surface area contributed by atoms with E-state index in [1.165, 1.54) is 0 Å². The predicted molar refractivity (Wildman–Crippen MR) is 94.8 cm³/mol. The summed E-state index contributed by atoms with van der Waals surface area (Å²) >= 11 is 0. The lowest BCUT2D eigenvalue weighted by Gasteiger charge is -2.04. The van der Waals surface area contributed by atoms with Gasteiger partial charge in [-0.2, -0.15) is 0 Å². The SMILES string of the molecule is COc1ccc(-c2cnc3c(-c4ccccc4)c(N)nn3c2)cc1. The van der Waals surface area contributed by atoms with Gasteiger partial charge in [-0.05, 0) is 23.3 Å². The molecule has 5 nitrogen and oxygen atoms in total. The zero-order chi connectivity index (χ0) is 16.5. The number of hydrogen-bond donors (Lipinski definition) is 1. The van der Waals surface area contributed by atoms with E-state index in [0.717, 1.165) is 33.7 Å². The van der Waals surface area contributed by atoms with Crippen LogP contribution in [0, 0.1) is 0 Å². The van der Waals surface area contributed by atoms with E-state index in [9.17, 15) is 0 Å². The number of hydrogen-bond acceptors (Lipinski definition) is 4. The molecule has 0 aliphatic rings. The lowest BCUT2D eigenvalue weighted by atomic mass is 10.1. The summed E-state index contributed by atoms with van der Waals surface area (Å²) in [5, 5.41) is 4.42. The Kier molecular flexibility index (Phi) is 3.39. The molecule has 118 valence electrons. The van der Waals surface area contributed by atoms with Crippen molar-refractivity contribution in [1.82, 2.24) is 14.6 Å². The molecule has 0 fully saturated rings. The average molecular weight is 316 g/mol. The summed E-state index contributed by atoms with van der Waals surface area (Å²) in [6.07, 6.45) is 3.78. The van der Waals surface area contributed by atoms with E-state index in [1.807, 2.05) is 67.0 Å². The molecule has 2 N–H and O–H groups in total. The van der Waals surface area contributed by atoms with Gasteiger partial charge in [0.1, 0.15) is 5.75 Å². The van der Waals surface area contributed by atoms with E-state index in [-0.39, 0.29) is 0 Å². The van der Waals surface area contributed by atoms with E-state index >= 15 is 0 Å². The molecule has 0 spiro atoms. The van der Waals surface area contributed by atoms with Gasteiger partial charge in [-0.1, -0.05) is 42.5 Å². The normalized spacial score (nSPS) is 10.9. The molecule has 2 heterocycles. The summed E-state index contributed by atoms with van der Waals surface area (Å²) in [7, 11) is 1.65. The molecule has 5 heteroatoms. The molecule has 24 heavy (non-hydrogen) atoms. The third kappa shape index (κ3) is 2.36. The minimum Gasteiger partial charge on any atom is -0.497 e. The van der Waals surface area contributed by atoms with E-state index in [1.54, 1.807) is 11.6 Å². The molecule has 0 atom stereocenters. The van der Waals surface area contributed by atoms with Crippen LogP contribution in [0.2, 0.25) is 0 Å². The average Bonchev–Trinajstić information content (AvgIpc) is 2.97. The summed E-state index contributed by atoms with van der Waals surface area (Å²) in [5.41, 5.74) is 10.7. The molecule has 0 saturated carbocycles. The summed E-state index contributed by atoms with van der Waals surface area (Å²) < 4.78 is 6.93. The monoisotopic (exact) mass is 316 g/mol. The number of anilines is 1. The van der Waals surface area contributed by atoms with Gasteiger partial charge < -0.3 is 10.5 Å². The number of benzene rings is 2. The van der Waals surface area contributed by atoms with Crippen molar-refractivity contribution >= 4 is 11.5 Å². The smallest absolute Gasteiger partial charge is 0.165 e. The van der Waals surface area contributed by atoms with Crippen LogP contribution in [-0.4, -0.2) is 21.7 Å². The summed E-state index contributed by atoms with van der Waals surface area (Å²) in [6.45, 7) is 0. The van der Waals surface area contributed by atoms with Crippen molar-refractivity contribution in [2.24, 2.45) is 0 Å². The fourth-order valence-electron chi connectivity index (χ4n) is 2.77. The summed E-state index contributed by atoms with van der Waals surface area (Å²) in [5.74, 6) is 1.29. The van der Waals surface area contributed by atoms with Crippen molar-refractivity contribution in [1.29, 1.82) is 0 Å². The number of nitrogens with zero attached hydrogens (tertiary/aromatic N) is 3. The lowest BCUT2D eigenvalue weighted by molar-refractivity contribution is 0.415. The van der Waals surface area contributed by atoms with Crippen molar-refractivity contribution in [3.05, 3.63) is 67.0 Å². The maximum absolute atomic E-state index is 6.12. The molecule has 0 radical (unpaired) electrons. The molecule has 4 aromatic rings. The first-order valence-corrected chi connectivity index (χ1v) is 7.60. The number of methoxy groups -OCH3 is 1. The molecule has 4 rings (SSSR count). The number of ether oxygens (including phenoxy) is 1. The molecule has 0 amide bonds. The van der Waals surface area contributed by atoms with Gasteiger partial charge in [0.05, 0.1) is 12.7 Å². The zero-order valence-electron chi connectivity index (χ0n) is 13.2. The Labute approximate surface area is 139 Å². The van der Waals surface area contributed by atoms with Crippen LogP contribution in [0.1, 0.15) is 0 Å². The highest BCUT2D eigenvalue weighted by molar-refractivity contribution is 5.86. The van der Waals surface area contributed by atoms with Crippen molar-refractivity contribution < 1.29 is 4.74 Å². The van der Waals surface area contributed by atoms with Crippen LogP contribution in [0.25, 0.3) is 27.9 Å². The zero-order valence-corrected chi connectivity index (χ0v) is 13.2. The van der Waals surface area contributed by atoms with Gasteiger partial charge in [-0.15, -0.1) is 5.10 Å². The second-order valence-electron chi connectivity index (χ2n) is 5.47. The standard InChI is InChI=1S/C19H16N4O/c1-24-16-9-7-13(8-10-16)15-11-21-19-17(14-5-3-2-4-6-14)18(20)22-23(19)12-15/h2-12H,1H3,(H2,20,22). The Bertz CT molecular complexity index is 991. The molecule has 2 aromatic heterocycles. The second kappa shape index (κ2) is 5.70. The van der Waals surface area contributed by atoms with Crippen molar-refractivity contribution in [2.75, 3.05) is 12.8 Å². The second-order valence-corrected chi connectivity index (χ2v) is 5.47. The third-order valence-electron chi connectivity index (χ3n) is 3.99. The first kappa shape index (κ1) is 14.3. The van der Waals surface area contributed by atoms with Crippen molar-refractivity contribution in [2.45, 2.75) is 0 Å². The van der Waals surface area contributed by atoms with Crippen LogP contribution in [-0.2, 0) is 0 Å². The lowest BCUT2D eigenvalue weighted by Crippen LogP contribution is -1.92. The van der Waals surface area contributed by atoms with E-state index < -0.39 is 0 Å². The van der Waals surface area contributed by atoms with Crippen LogP contribution in [0.3, 0.4) is 0 Å². The van der Waals surface area contributed by atoms with Crippen LogP contribution < -0.4 is 10.5 Å². The van der Waals surface area contributed by atoms with Crippen LogP contribution in [0.4, 0.5) is 5.82 Å². The Morgan fingerprint density at radius 2 is 1.67 bits per heavy atom. The first-order valence-electron chi connectivity index (χ1n) is 7.60. The maximum atomic E-state index is 6.12. The molecule has 0 aliphatic heterocycles. The summed E-state index contributed by atoms with van der Waals surface area (Å²) in [6, 6.07) is 17.8. The van der Waals surface area contributed by atoms with E-state index in [0.29, 0.717) is 5.82 Å². The Balaban J connectivity index is 1.82. The van der Waals surface area contributed by atoms with Crippen LogP contribution in [0.5, 0.6) is 5.75 Å². The third-order valence-corrected chi connectivity index (χ3v) is 3.99. The molecule has 0 bridgehead atoms. The highest BCUT2D eigenvalue weighted by Crippen LogP contribution is 2.30. The maximum Gasteiger partial charge on any atom is 0.165 e. The van der Waals surface area contributed by atoms with Gasteiger partial charge in [0, 0.05) is 18.0 Å². The van der Waals surface area contributed by atoms with Gasteiger partial charge in [0.25, 0.3) is 0 Å². The fourth-order valence-corrected chi connectivity index (χ4v) is 2.77. The molecule has 0 saturated heterocycles. The molecule has 0 unspecified atom stereocenters. The number of nitrogen functional groups attached to an aromatic ring is 1. The van der Waals surface area contributed by atoms with E-state index in [2.05, 4.69) is 10.1 Å². The molecular formula is C19H16N4O. The van der Waals surface area contributed by atoms with Gasteiger partial charge in [0.2, 0.25) is 0 Å². The van der Waals surface area contributed by atoms with E-state index in [4.69, 9.17) is 10.5 Å². The minimum absolute atomic E-state index is 0.473. The number of rotatable bonds is 3. The predicted octanol–water partition coefficient (Wildman–Crippen LogP) is 3.65. The largest absolute Gasteiger partial charge is 0.497 e. The van der Waals surface area contributed by atoms with Crippen molar-refractivity contribution in [3.8, 4) is 28.0 Å². The van der Waals surface area contributed by atoms with Gasteiger partial charge in [0.15, 0.2) is 11.5 Å². The molecule has 2 aromatic carbocycles. The Morgan fingerprint density at radius 1 is 0.917 bits per heavy atom. The van der Waals surface area contributed by atoms with Crippen molar-refractivity contribution in [3.63, 3.8) is 0 Å². The molecule has 0 aliphatic carbocycles. The quantitative estimate of drug-likeness (QED) is 0.626. The highest BCUT2D eigenvalue weighted by Gasteiger charge is 2.14. The summed E-state index contributed by atoms with van der Waals surface area (Å²) in [4.78, 5) is 4.59. The van der Waals surface area contributed by atoms with Gasteiger partial charge in [-0.3, -0.25) is 0 Å². The number of nitrogens with two attached hydrogens (primary N) is 1. The topological polar surface area (TPSA) is 65.4 Å². The first-order chi connectivity index (χ1) is 11.8. The van der Waals surface area contributed by atoms with Gasteiger partial charge >= 0.3 is 0 Å². The van der Waals surface area contributed by atoms with Crippen LogP contribution >= 0.6 is 0 Å². The number of aromatic nitrogens is 3. The molecular weight excluding hydrogens is 300 g/mol. The Hall–Kier alpha value is -3.34. The van der Waals surface area contributed by atoms with Gasteiger partial charge in [-0.25, -0.2) is 9.50 Å². The highest BCUT2D eigenvalue weighted by atomic mass is 16.5. The minimum atomic E-state index is 0.473.